The summed E-state index contributed by atoms with van der Waals surface area (Å²) in [6, 6.07) is 15.6. The molecule has 27 heavy (non-hydrogen) atoms. The van der Waals surface area contributed by atoms with Crippen molar-refractivity contribution in [2.75, 3.05) is 10.6 Å². The van der Waals surface area contributed by atoms with Crippen LogP contribution in [0.1, 0.15) is 26.3 Å². The second kappa shape index (κ2) is 7.89. The van der Waals surface area contributed by atoms with Gasteiger partial charge in [0.2, 0.25) is 0 Å². The molecule has 0 saturated heterocycles. The van der Waals surface area contributed by atoms with Crippen molar-refractivity contribution < 1.29 is 14.0 Å². The van der Waals surface area contributed by atoms with Crippen molar-refractivity contribution in [1.82, 2.24) is 4.98 Å². The summed E-state index contributed by atoms with van der Waals surface area (Å²) in [5, 5.41) is 14.1. The van der Waals surface area contributed by atoms with E-state index in [9.17, 15) is 14.0 Å². The summed E-state index contributed by atoms with van der Waals surface area (Å²) in [7, 11) is 0. The van der Waals surface area contributed by atoms with E-state index >= 15 is 0 Å². The molecule has 1 heterocycles. The lowest BCUT2D eigenvalue weighted by molar-refractivity contribution is 0.102. The largest absolute Gasteiger partial charge is 0.321 e. The van der Waals surface area contributed by atoms with Gasteiger partial charge in [-0.3, -0.25) is 14.6 Å². The van der Waals surface area contributed by atoms with E-state index in [1.54, 1.807) is 30.3 Å². The van der Waals surface area contributed by atoms with Gasteiger partial charge in [0.25, 0.3) is 11.8 Å². The third-order valence-electron chi connectivity index (χ3n) is 3.68. The maximum Gasteiger partial charge on any atom is 0.257 e. The molecule has 2 N–H and O–H groups in total. The van der Waals surface area contributed by atoms with Crippen molar-refractivity contribution in [1.29, 1.82) is 5.26 Å². The van der Waals surface area contributed by atoms with Crippen LogP contribution in [0.2, 0.25) is 0 Å². The number of nitrogens with zero attached hydrogens (tertiary/aromatic N) is 2. The number of aromatic nitrogens is 1. The third-order valence-corrected chi connectivity index (χ3v) is 3.68. The smallest absolute Gasteiger partial charge is 0.257 e. The van der Waals surface area contributed by atoms with E-state index in [1.807, 2.05) is 6.07 Å². The Morgan fingerprint density at radius 2 is 1.44 bits per heavy atom. The predicted octanol–water partition coefficient (Wildman–Crippen LogP) is 3.60. The monoisotopic (exact) mass is 360 g/mol. The lowest BCUT2D eigenvalue weighted by Crippen LogP contribution is -2.17. The third kappa shape index (κ3) is 4.14. The Morgan fingerprint density at radius 3 is 2.07 bits per heavy atom. The van der Waals surface area contributed by atoms with Crippen LogP contribution in [0.25, 0.3) is 0 Å². The number of pyridine rings is 1. The van der Waals surface area contributed by atoms with Gasteiger partial charge < -0.3 is 10.6 Å². The van der Waals surface area contributed by atoms with Gasteiger partial charge in [0.05, 0.1) is 28.1 Å². The van der Waals surface area contributed by atoms with E-state index in [1.165, 1.54) is 36.7 Å². The number of benzene rings is 2. The van der Waals surface area contributed by atoms with Gasteiger partial charge in [0.15, 0.2) is 0 Å². The van der Waals surface area contributed by atoms with Gasteiger partial charge in [0, 0.05) is 12.4 Å². The van der Waals surface area contributed by atoms with Gasteiger partial charge in [-0.25, -0.2) is 4.39 Å². The molecule has 6 nitrogen and oxygen atoms in total. The number of nitriles is 1. The highest BCUT2D eigenvalue weighted by atomic mass is 19.1. The highest BCUT2D eigenvalue weighted by Crippen LogP contribution is 2.16. The number of halogens is 1. The molecule has 0 bridgehead atoms. The number of anilines is 2. The van der Waals surface area contributed by atoms with E-state index in [-0.39, 0.29) is 16.8 Å². The number of rotatable bonds is 4. The second-order valence-electron chi connectivity index (χ2n) is 5.51. The molecule has 0 atom stereocenters. The number of hydrogen-bond acceptors (Lipinski definition) is 4. The number of carbonyl (C=O) groups is 2. The minimum atomic E-state index is -0.598. The first-order valence-corrected chi connectivity index (χ1v) is 7.90. The molecular formula is C20H13FN4O2. The Hall–Kier alpha value is -4.05. The average molecular weight is 360 g/mol. The maximum atomic E-state index is 13.7. The van der Waals surface area contributed by atoms with Crippen molar-refractivity contribution in [3.8, 4) is 6.07 Å². The lowest BCUT2D eigenvalue weighted by Gasteiger charge is -2.09. The molecule has 0 aliphatic rings. The number of carbonyl (C=O) groups excluding carboxylic acids is 2. The highest BCUT2D eigenvalue weighted by Gasteiger charge is 2.14. The summed E-state index contributed by atoms with van der Waals surface area (Å²) in [6.07, 6.45) is 2.57. The molecule has 2 aromatic carbocycles. The molecule has 7 heteroatoms. The molecule has 1 aromatic heterocycles. The van der Waals surface area contributed by atoms with E-state index in [0.29, 0.717) is 11.3 Å². The SMILES string of the molecule is N#Cc1ccccc1NC(=O)c1cncc(C(=O)Nc2ccccc2F)c1. The van der Waals surface area contributed by atoms with Crippen LogP contribution < -0.4 is 10.6 Å². The Bertz CT molecular complexity index is 1060. The van der Waals surface area contributed by atoms with Crippen molar-refractivity contribution in [3.63, 3.8) is 0 Å². The summed E-state index contributed by atoms with van der Waals surface area (Å²) < 4.78 is 13.7. The minimum absolute atomic E-state index is 0.0281. The molecule has 0 spiro atoms. The van der Waals surface area contributed by atoms with Gasteiger partial charge in [-0.05, 0) is 30.3 Å². The number of para-hydroxylation sites is 2. The molecule has 0 fully saturated rings. The van der Waals surface area contributed by atoms with Crippen LogP contribution in [-0.2, 0) is 0 Å². The van der Waals surface area contributed by atoms with Crippen LogP contribution in [0, 0.1) is 17.1 Å². The second-order valence-corrected chi connectivity index (χ2v) is 5.51. The fraction of sp³-hybridized carbons (Fsp3) is 0. The summed E-state index contributed by atoms with van der Waals surface area (Å²) in [5.74, 6) is -1.69. The molecule has 132 valence electrons. The van der Waals surface area contributed by atoms with Crippen LogP contribution >= 0.6 is 0 Å². The lowest BCUT2D eigenvalue weighted by atomic mass is 10.1. The van der Waals surface area contributed by atoms with E-state index in [4.69, 9.17) is 5.26 Å². The first kappa shape index (κ1) is 17.8. The Balaban J connectivity index is 1.79. The number of amides is 2. The number of hydrogen-bond donors (Lipinski definition) is 2. The van der Waals surface area contributed by atoms with Gasteiger partial charge >= 0.3 is 0 Å². The molecule has 0 unspecified atom stereocenters. The van der Waals surface area contributed by atoms with Gasteiger partial charge in [-0.2, -0.15) is 5.26 Å². The van der Waals surface area contributed by atoms with Crippen molar-refractivity contribution in [2.24, 2.45) is 0 Å². The molecular weight excluding hydrogens is 347 g/mol. The minimum Gasteiger partial charge on any atom is -0.321 e. The van der Waals surface area contributed by atoms with Crippen LogP contribution in [0.5, 0.6) is 0 Å². The molecule has 0 radical (unpaired) electrons. The van der Waals surface area contributed by atoms with Gasteiger partial charge in [-0.15, -0.1) is 0 Å². The zero-order chi connectivity index (χ0) is 19.2. The first-order valence-electron chi connectivity index (χ1n) is 7.90. The Morgan fingerprint density at radius 1 is 0.889 bits per heavy atom. The maximum absolute atomic E-state index is 13.7. The fourth-order valence-electron chi connectivity index (χ4n) is 2.33. The average Bonchev–Trinajstić information content (AvgIpc) is 2.70. The zero-order valence-corrected chi connectivity index (χ0v) is 13.9. The molecule has 0 aliphatic heterocycles. The Labute approximate surface area is 154 Å². The van der Waals surface area contributed by atoms with Crippen LogP contribution in [0.15, 0.2) is 67.0 Å². The molecule has 0 saturated carbocycles. The molecule has 2 amide bonds. The van der Waals surface area contributed by atoms with Crippen molar-refractivity contribution >= 4 is 23.2 Å². The zero-order valence-electron chi connectivity index (χ0n) is 13.9. The standard InChI is InChI=1S/C20H13FN4O2/c21-16-6-2-4-8-18(16)25-20(27)15-9-14(11-23-12-15)19(26)24-17-7-3-1-5-13(17)10-22/h1-9,11-12H,(H,24,26)(H,25,27). The van der Waals surface area contributed by atoms with Crippen molar-refractivity contribution in [3.05, 3.63) is 89.5 Å². The van der Waals surface area contributed by atoms with Crippen molar-refractivity contribution in [2.45, 2.75) is 0 Å². The van der Waals surface area contributed by atoms with E-state index in [0.717, 1.165) is 0 Å². The molecule has 3 rings (SSSR count). The highest BCUT2D eigenvalue weighted by molar-refractivity contribution is 6.08. The van der Waals surface area contributed by atoms with Crippen LogP contribution in [0.3, 0.4) is 0 Å². The quantitative estimate of drug-likeness (QED) is 0.743. The summed E-state index contributed by atoms with van der Waals surface area (Å²) in [4.78, 5) is 28.6. The van der Waals surface area contributed by atoms with Gasteiger partial charge in [0.1, 0.15) is 11.9 Å². The van der Waals surface area contributed by atoms with Crippen LogP contribution in [-0.4, -0.2) is 16.8 Å². The first-order chi connectivity index (χ1) is 13.1. The van der Waals surface area contributed by atoms with Gasteiger partial charge in [-0.1, -0.05) is 24.3 Å². The molecule has 3 aromatic rings. The topological polar surface area (TPSA) is 94.9 Å². The fourth-order valence-corrected chi connectivity index (χ4v) is 2.33. The van der Waals surface area contributed by atoms with Crippen LogP contribution in [0.4, 0.5) is 15.8 Å². The normalized spacial score (nSPS) is 9.93. The van der Waals surface area contributed by atoms with E-state index in [2.05, 4.69) is 15.6 Å². The Kier molecular flexibility index (Phi) is 5.19. The summed E-state index contributed by atoms with van der Waals surface area (Å²) >= 11 is 0. The van der Waals surface area contributed by atoms with E-state index < -0.39 is 17.6 Å². The molecule has 0 aliphatic carbocycles. The number of nitrogens with one attached hydrogen (secondary N) is 2. The predicted molar refractivity (Wildman–Crippen MR) is 97.7 cm³/mol. The summed E-state index contributed by atoms with van der Waals surface area (Å²) in [5.41, 5.74) is 0.919. The summed E-state index contributed by atoms with van der Waals surface area (Å²) in [6.45, 7) is 0.